The Morgan fingerprint density at radius 2 is 1.68 bits per heavy atom. The van der Waals surface area contributed by atoms with Gasteiger partial charge in [0, 0.05) is 32.2 Å². The molecule has 0 atom stereocenters. The lowest BCUT2D eigenvalue weighted by Gasteiger charge is -2.36. The average molecular weight is 291 g/mol. The van der Waals surface area contributed by atoms with Gasteiger partial charge in [0.15, 0.2) is 0 Å². The van der Waals surface area contributed by atoms with Gasteiger partial charge in [-0.15, -0.1) is 0 Å². The zero-order valence-electron chi connectivity index (χ0n) is 12.9. The summed E-state index contributed by atoms with van der Waals surface area (Å²) in [6, 6.07) is 0.687. The normalized spacial score (nSPS) is 25.5. The van der Waals surface area contributed by atoms with Crippen LogP contribution in [-0.4, -0.2) is 55.8 Å². The standard InChI is InChI=1S/C13H29N3O2S/c1-6-14-12-7-9-13(10-8-12)16(5)19(17,18)15(4)11(2)3/h11-14H,6-10H2,1-5H3. The molecule has 0 radical (unpaired) electrons. The van der Waals surface area contributed by atoms with Gasteiger partial charge in [0.25, 0.3) is 10.2 Å². The molecule has 1 saturated carbocycles. The van der Waals surface area contributed by atoms with Crippen molar-refractivity contribution in [2.24, 2.45) is 0 Å². The van der Waals surface area contributed by atoms with Crippen molar-refractivity contribution in [3.63, 3.8) is 0 Å². The highest BCUT2D eigenvalue weighted by atomic mass is 32.2. The summed E-state index contributed by atoms with van der Waals surface area (Å²) in [6.45, 7) is 6.89. The first-order chi connectivity index (χ1) is 8.80. The number of hydrogen-bond acceptors (Lipinski definition) is 3. The van der Waals surface area contributed by atoms with Crippen molar-refractivity contribution < 1.29 is 8.42 Å². The van der Waals surface area contributed by atoms with E-state index in [2.05, 4.69) is 12.2 Å². The van der Waals surface area contributed by atoms with Crippen LogP contribution in [0.3, 0.4) is 0 Å². The SMILES string of the molecule is CCNC1CCC(N(C)S(=O)(=O)N(C)C(C)C)CC1. The molecule has 0 saturated heterocycles. The second-order valence-electron chi connectivity index (χ2n) is 5.70. The number of nitrogens with zero attached hydrogens (tertiary/aromatic N) is 2. The van der Waals surface area contributed by atoms with Crippen LogP contribution in [0.15, 0.2) is 0 Å². The van der Waals surface area contributed by atoms with Crippen LogP contribution < -0.4 is 5.32 Å². The average Bonchev–Trinajstić information content (AvgIpc) is 2.38. The minimum Gasteiger partial charge on any atom is -0.314 e. The van der Waals surface area contributed by atoms with E-state index in [4.69, 9.17) is 0 Å². The second-order valence-corrected chi connectivity index (χ2v) is 7.74. The minimum absolute atomic E-state index is 0.00875. The number of rotatable bonds is 6. The highest BCUT2D eigenvalue weighted by Gasteiger charge is 2.33. The molecule has 0 aromatic rings. The van der Waals surface area contributed by atoms with Gasteiger partial charge in [-0.1, -0.05) is 6.92 Å². The zero-order chi connectivity index (χ0) is 14.6. The van der Waals surface area contributed by atoms with Crippen molar-refractivity contribution >= 4 is 10.2 Å². The lowest BCUT2D eigenvalue weighted by Crippen LogP contribution is -2.49. The van der Waals surface area contributed by atoms with E-state index in [-0.39, 0.29) is 12.1 Å². The van der Waals surface area contributed by atoms with Gasteiger partial charge in [-0.2, -0.15) is 17.0 Å². The van der Waals surface area contributed by atoms with Gasteiger partial charge < -0.3 is 5.32 Å². The predicted octanol–water partition coefficient (Wildman–Crippen LogP) is 1.42. The lowest BCUT2D eigenvalue weighted by molar-refractivity contribution is 0.236. The van der Waals surface area contributed by atoms with Gasteiger partial charge in [-0.25, -0.2) is 0 Å². The molecule has 6 heteroatoms. The van der Waals surface area contributed by atoms with Gasteiger partial charge in [0.2, 0.25) is 0 Å². The first kappa shape index (κ1) is 16.9. The minimum atomic E-state index is -3.32. The summed E-state index contributed by atoms with van der Waals surface area (Å²) in [5.74, 6) is 0. The third-order valence-electron chi connectivity index (χ3n) is 4.16. The molecule has 1 fully saturated rings. The molecule has 0 unspecified atom stereocenters. The fourth-order valence-electron chi connectivity index (χ4n) is 2.59. The summed E-state index contributed by atoms with van der Waals surface area (Å²) in [5, 5.41) is 3.45. The molecule has 1 aliphatic rings. The largest absolute Gasteiger partial charge is 0.314 e. The Hall–Kier alpha value is -0.170. The van der Waals surface area contributed by atoms with Crippen molar-refractivity contribution in [3.8, 4) is 0 Å². The predicted molar refractivity (Wildman–Crippen MR) is 79.3 cm³/mol. The summed E-state index contributed by atoms with van der Waals surface area (Å²) in [5.41, 5.74) is 0. The van der Waals surface area contributed by atoms with E-state index in [9.17, 15) is 8.42 Å². The Kier molecular flexibility index (Phi) is 6.23. The molecule has 0 aromatic heterocycles. The van der Waals surface area contributed by atoms with E-state index in [1.165, 1.54) is 4.31 Å². The van der Waals surface area contributed by atoms with Gasteiger partial charge >= 0.3 is 0 Å². The van der Waals surface area contributed by atoms with Crippen molar-refractivity contribution in [3.05, 3.63) is 0 Å². The van der Waals surface area contributed by atoms with E-state index < -0.39 is 10.2 Å². The molecule has 0 spiro atoms. The summed E-state index contributed by atoms with van der Waals surface area (Å²) >= 11 is 0. The van der Waals surface area contributed by atoms with Crippen molar-refractivity contribution in [2.45, 2.75) is 64.6 Å². The smallest absolute Gasteiger partial charge is 0.281 e. The Morgan fingerprint density at radius 1 is 1.16 bits per heavy atom. The van der Waals surface area contributed by atoms with Crippen molar-refractivity contribution in [1.29, 1.82) is 0 Å². The van der Waals surface area contributed by atoms with Crippen molar-refractivity contribution in [1.82, 2.24) is 13.9 Å². The molecule has 19 heavy (non-hydrogen) atoms. The van der Waals surface area contributed by atoms with Crippen LogP contribution in [0.4, 0.5) is 0 Å². The third kappa shape index (κ3) is 4.15. The molecule has 1 rings (SSSR count). The molecule has 0 aromatic carbocycles. The van der Waals surface area contributed by atoms with Crippen LogP contribution >= 0.6 is 0 Å². The van der Waals surface area contributed by atoms with Gasteiger partial charge in [0.05, 0.1) is 0 Å². The van der Waals surface area contributed by atoms with Gasteiger partial charge in [0.1, 0.15) is 0 Å². The Morgan fingerprint density at radius 3 is 2.11 bits per heavy atom. The summed E-state index contributed by atoms with van der Waals surface area (Å²) in [7, 11) is 0.0469. The molecule has 0 heterocycles. The summed E-state index contributed by atoms with van der Waals surface area (Å²) < 4.78 is 27.8. The van der Waals surface area contributed by atoms with Crippen LogP contribution in [0, 0.1) is 0 Å². The zero-order valence-corrected chi connectivity index (χ0v) is 13.7. The van der Waals surface area contributed by atoms with E-state index >= 15 is 0 Å². The van der Waals surface area contributed by atoms with E-state index in [0.29, 0.717) is 6.04 Å². The number of hydrogen-bond donors (Lipinski definition) is 1. The Balaban J connectivity index is 2.62. The van der Waals surface area contributed by atoms with E-state index in [1.54, 1.807) is 18.4 Å². The van der Waals surface area contributed by atoms with Crippen LogP contribution in [0.5, 0.6) is 0 Å². The fraction of sp³-hybridized carbons (Fsp3) is 1.00. The lowest BCUT2D eigenvalue weighted by atomic mass is 9.91. The second kappa shape index (κ2) is 7.02. The maximum Gasteiger partial charge on any atom is 0.281 e. The third-order valence-corrected chi connectivity index (χ3v) is 6.33. The topological polar surface area (TPSA) is 52.7 Å². The van der Waals surface area contributed by atoms with E-state index in [1.807, 2.05) is 13.8 Å². The Bertz CT molecular complexity index is 362. The molecule has 0 aliphatic heterocycles. The van der Waals surface area contributed by atoms with Gasteiger partial charge in [-0.3, -0.25) is 0 Å². The monoisotopic (exact) mass is 291 g/mol. The molecule has 1 aliphatic carbocycles. The summed E-state index contributed by atoms with van der Waals surface area (Å²) in [4.78, 5) is 0. The van der Waals surface area contributed by atoms with Crippen molar-refractivity contribution in [2.75, 3.05) is 20.6 Å². The maximum absolute atomic E-state index is 12.4. The fourth-order valence-corrected chi connectivity index (χ4v) is 4.12. The van der Waals surface area contributed by atoms with Gasteiger partial charge in [-0.05, 0) is 46.1 Å². The van der Waals surface area contributed by atoms with Crippen LogP contribution in [0.2, 0.25) is 0 Å². The summed E-state index contributed by atoms with van der Waals surface area (Å²) in [6.07, 6.45) is 4.01. The quantitative estimate of drug-likeness (QED) is 0.805. The molecule has 114 valence electrons. The molecule has 5 nitrogen and oxygen atoms in total. The molecular formula is C13H29N3O2S. The molecule has 0 amide bonds. The highest BCUT2D eigenvalue weighted by Crippen LogP contribution is 2.25. The maximum atomic E-state index is 12.4. The van der Waals surface area contributed by atoms with Crippen LogP contribution in [0.25, 0.3) is 0 Å². The molecular weight excluding hydrogens is 262 g/mol. The van der Waals surface area contributed by atoms with Crippen LogP contribution in [-0.2, 0) is 10.2 Å². The highest BCUT2D eigenvalue weighted by molar-refractivity contribution is 7.86. The van der Waals surface area contributed by atoms with E-state index in [0.717, 1.165) is 32.2 Å². The number of nitrogens with one attached hydrogen (secondary N) is 1. The molecule has 0 bridgehead atoms. The van der Waals surface area contributed by atoms with Crippen LogP contribution in [0.1, 0.15) is 46.5 Å². The Labute approximate surface area is 118 Å². The first-order valence-electron chi connectivity index (χ1n) is 7.25. The molecule has 1 N–H and O–H groups in total. The first-order valence-corrected chi connectivity index (χ1v) is 8.64.